The van der Waals surface area contributed by atoms with Gasteiger partial charge in [-0.15, -0.1) is 0 Å². The maximum absolute atomic E-state index is 11.9. The molecule has 1 aliphatic heterocycles. The lowest BCUT2D eigenvalue weighted by molar-refractivity contribution is -0.121. The molecule has 1 rings (SSSR count). The number of carbonyl (C=O) groups is 1. The molecule has 118 valence electrons. The summed E-state index contributed by atoms with van der Waals surface area (Å²) in [5.41, 5.74) is 0. The van der Waals surface area contributed by atoms with E-state index in [9.17, 15) is 20.1 Å². The van der Waals surface area contributed by atoms with Gasteiger partial charge in [-0.3, -0.25) is 9.69 Å². The molecule has 4 atom stereocenters. The molecule has 1 heterocycles. The molecule has 1 aliphatic rings. The highest BCUT2D eigenvalue weighted by Gasteiger charge is 2.47. The Morgan fingerprint density at radius 1 is 1.10 bits per heavy atom. The third kappa shape index (κ3) is 4.23. The standard InChI is InChI=1S/C14H27NO5/c1-2-3-4-5-10(18)8-11-13(19)14(20)12(9-17)15(11)6-7-16/h11-14,16-17,19-20H,2-9H2,1H3/t11-,12-,13+,14-/m1/s1. The van der Waals surface area contributed by atoms with Gasteiger partial charge in [0.15, 0.2) is 0 Å². The van der Waals surface area contributed by atoms with E-state index in [2.05, 4.69) is 6.92 Å². The molecule has 0 aromatic heterocycles. The Balaban J connectivity index is 2.62. The van der Waals surface area contributed by atoms with Crippen LogP contribution in [0.15, 0.2) is 0 Å². The van der Waals surface area contributed by atoms with E-state index in [4.69, 9.17) is 5.11 Å². The van der Waals surface area contributed by atoms with E-state index < -0.39 is 24.3 Å². The number of rotatable bonds is 9. The van der Waals surface area contributed by atoms with Crippen LogP contribution in [-0.4, -0.2) is 75.2 Å². The number of Topliss-reactive ketones (excluding diaryl/α,β-unsaturated/α-hetero) is 1. The zero-order chi connectivity index (χ0) is 15.1. The van der Waals surface area contributed by atoms with Crippen molar-refractivity contribution in [3.63, 3.8) is 0 Å². The second-order valence-electron chi connectivity index (χ2n) is 5.46. The summed E-state index contributed by atoms with van der Waals surface area (Å²) in [7, 11) is 0. The minimum absolute atomic E-state index is 0.0521. The summed E-state index contributed by atoms with van der Waals surface area (Å²) >= 11 is 0. The minimum Gasteiger partial charge on any atom is -0.395 e. The minimum atomic E-state index is -1.08. The summed E-state index contributed by atoms with van der Waals surface area (Å²) in [6.07, 6.45) is 1.36. The predicted molar refractivity (Wildman–Crippen MR) is 74.2 cm³/mol. The molecule has 0 spiro atoms. The van der Waals surface area contributed by atoms with Crippen LogP contribution in [0, 0.1) is 0 Å². The van der Waals surface area contributed by atoms with Gasteiger partial charge in [-0.2, -0.15) is 0 Å². The molecule has 0 bridgehead atoms. The first-order valence-electron chi connectivity index (χ1n) is 7.42. The van der Waals surface area contributed by atoms with Gasteiger partial charge < -0.3 is 20.4 Å². The number of aliphatic hydroxyl groups excluding tert-OH is 4. The molecule has 6 heteroatoms. The number of nitrogens with zero attached hydrogens (tertiary/aromatic N) is 1. The van der Waals surface area contributed by atoms with Crippen molar-refractivity contribution in [1.29, 1.82) is 0 Å². The van der Waals surface area contributed by atoms with Crippen molar-refractivity contribution in [2.24, 2.45) is 0 Å². The van der Waals surface area contributed by atoms with Crippen molar-refractivity contribution >= 4 is 5.78 Å². The van der Waals surface area contributed by atoms with Gasteiger partial charge in [0.1, 0.15) is 5.78 Å². The van der Waals surface area contributed by atoms with Crippen LogP contribution in [0.3, 0.4) is 0 Å². The lowest BCUT2D eigenvalue weighted by Gasteiger charge is -2.28. The molecular weight excluding hydrogens is 262 g/mol. The van der Waals surface area contributed by atoms with Gasteiger partial charge >= 0.3 is 0 Å². The first kappa shape index (κ1) is 17.5. The van der Waals surface area contributed by atoms with Crippen LogP contribution < -0.4 is 0 Å². The molecule has 1 saturated heterocycles. The third-order valence-electron chi connectivity index (χ3n) is 4.03. The SMILES string of the molecule is CCCCCC(=O)C[C@@H]1[C@H](O)[C@H](O)[C@@H](CO)N1CCO. The Hall–Kier alpha value is -0.530. The van der Waals surface area contributed by atoms with Crippen LogP contribution in [0.1, 0.15) is 39.0 Å². The lowest BCUT2D eigenvalue weighted by atomic mass is 10.0. The van der Waals surface area contributed by atoms with Gasteiger partial charge in [-0.25, -0.2) is 0 Å². The molecule has 6 nitrogen and oxygen atoms in total. The fourth-order valence-corrected chi connectivity index (χ4v) is 2.90. The molecule has 0 saturated carbocycles. The Bertz CT molecular complexity index is 299. The fourth-order valence-electron chi connectivity index (χ4n) is 2.90. The number of hydrogen-bond donors (Lipinski definition) is 4. The Morgan fingerprint density at radius 2 is 1.75 bits per heavy atom. The van der Waals surface area contributed by atoms with Crippen molar-refractivity contribution in [2.45, 2.75) is 63.3 Å². The van der Waals surface area contributed by atoms with Gasteiger partial charge in [0.05, 0.1) is 31.5 Å². The first-order chi connectivity index (χ1) is 9.56. The van der Waals surface area contributed by atoms with Gasteiger partial charge in [0.25, 0.3) is 0 Å². The molecule has 20 heavy (non-hydrogen) atoms. The summed E-state index contributed by atoms with van der Waals surface area (Å²) in [6, 6.07) is -1.14. The highest BCUT2D eigenvalue weighted by atomic mass is 16.3. The van der Waals surface area contributed by atoms with Crippen molar-refractivity contribution in [3.05, 3.63) is 0 Å². The molecule has 0 amide bonds. The maximum atomic E-state index is 11.9. The Morgan fingerprint density at radius 3 is 2.30 bits per heavy atom. The summed E-state index contributed by atoms with van der Waals surface area (Å²) in [4.78, 5) is 13.6. The second kappa shape index (κ2) is 8.69. The van der Waals surface area contributed by atoms with E-state index in [1.54, 1.807) is 4.90 Å². The van der Waals surface area contributed by atoms with Crippen molar-refractivity contribution in [1.82, 2.24) is 4.90 Å². The van der Waals surface area contributed by atoms with E-state index in [-0.39, 0.29) is 32.0 Å². The molecule has 0 radical (unpaired) electrons. The third-order valence-corrected chi connectivity index (χ3v) is 4.03. The quantitative estimate of drug-likeness (QED) is 0.418. The van der Waals surface area contributed by atoms with E-state index in [0.29, 0.717) is 6.42 Å². The molecule has 4 N–H and O–H groups in total. The fraction of sp³-hybridized carbons (Fsp3) is 0.929. The smallest absolute Gasteiger partial charge is 0.134 e. The molecule has 1 fully saturated rings. The normalized spacial score (nSPS) is 30.9. The van der Waals surface area contributed by atoms with Gasteiger partial charge in [0.2, 0.25) is 0 Å². The van der Waals surface area contributed by atoms with Crippen LogP contribution in [0.25, 0.3) is 0 Å². The topological polar surface area (TPSA) is 101 Å². The van der Waals surface area contributed by atoms with Gasteiger partial charge in [-0.05, 0) is 6.42 Å². The highest BCUT2D eigenvalue weighted by molar-refractivity contribution is 5.79. The van der Waals surface area contributed by atoms with E-state index in [0.717, 1.165) is 19.3 Å². The summed E-state index contributed by atoms with van der Waals surface area (Å²) in [6.45, 7) is 1.85. The number of ketones is 1. The summed E-state index contributed by atoms with van der Waals surface area (Å²) in [5, 5.41) is 38.3. The number of hydrogen-bond acceptors (Lipinski definition) is 6. The highest BCUT2D eigenvalue weighted by Crippen LogP contribution is 2.27. The summed E-state index contributed by atoms with van der Waals surface area (Å²) in [5.74, 6) is 0.0521. The average molecular weight is 289 g/mol. The molecule has 0 unspecified atom stereocenters. The average Bonchev–Trinajstić information content (AvgIpc) is 2.64. The maximum Gasteiger partial charge on any atom is 0.134 e. The van der Waals surface area contributed by atoms with Crippen LogP contribution in [0.2, 0.25) is 0 Å². The monoisotopic (exact) mass is 289 g/mol. The number of β-amino-alcohol motifs (C(OH)–C–C–N with tert-alkyl or cyclic N) is 1. The molecular formula is C14H27NO5. The zero-order valence-corrected chi connectivity index (χ0v) is 12.1. The van der Waals surface area contributed by atoms with E-state index in [1.165, 1.54) is 0 Å². The molecule has 0 aliphatic carbocycles. The molecule has 0 aromatic rings. The molecule has 0 aromatic carbocycles. The van der Waals surface area contributed by atoms with Crippen LogP contribution in [-0.2, 0) is 4.79 Å². The zero-order valence-electron chi connectivity index (χ0n) is 12.1. The summed E-state index contributed by atoms with van der Waals surface area (Å²) < 4.78 is 0. The number of carbonyl (C=O) groups excluding carboxylic acids is 1. The Kier molecular flexibility index (Phi) is 7.61. The van der Waals surface area contributed by atoms with Crippen molar-refractivity contribution in [2.75, 3.05) is 19.8 Å². The van der Waals surface area contributed by atoms with Gasteiger partial charge in [-0.1, -0.05) is 19.8 Å². The number of aliphatic hydroxyl groups is 4. The number of unbranched alkanes of at least 4 members (excludes halogenated alkanes) is 2. The largest absolute Gasteiger partial charge is 0.395 e. The first-order valence-corrected chi connectivity index (χ1v) is 7.42. The van der Waals surface area contributed by atoms with Crippen LogP contribution in [0.4, 0.5) is 0 Å². The van der Waals surface area contributed by atoms with Gasteiger partial charge in [0, 0.05) is 25.4 Å². The van der Waals surface area contributed by atoms with Crippen LogP contribution >= 0.6 is 0 Å². The Labute approximate surface area is 120 Å². The number of likely N-dealkylation sites (tertiary alicyclic amines) is 1. The van der Waals surface area contributed by atoms with E-state index >= 15 is 0 Å². The lowest BCUT2D eigenvalue weighted by Crippen LogP contribution is -2.43. The predicted octanol–water partition coefficient (Wildman–Crippen LogP) is -0.715. The van der Waals surface area contributed by atoms with Crippen molar-refractivity contribution in [3.8, 4) is 0 Å². The van der Waals surface area contributed by atoms with Crippen LogP contribution in [0.5, 0.6) is 0 Å². The van der Waals surface area contributed by atoms with E-state index in [1.807, 2.05) is 0 Å². The second-order valence-corrected chi connectivity index (χ2v) is 5.46. The van der Waals surface area contributed by atoms with Crippen molar-refractivity contribution < 1.29 is 25.2 Å².